The molecule has 3 aliphatic carbocycles. The maximum Gasteiger partial charge on any atom is 0.149 e. The monoisotopic (exact) mass is 458 g/mol. The molecule has 3 aliphatic rings. The normalized spacial score (nSPS) is 31.4. The molecule has 0 radical (unpaired) electrons. The van der Waals surface area contributed by atoms with Gasteiger partial charge in [0.1, 0.15) is 5.82 Å². The first kappa shape index (κ1) is 24.3. The van der Waals surface area contributed by atoms with Crippen molar-refractivity contribution in [1.82, 2.24) is 0 Å². The van der Waals surface area contributed by atoms with Crippen molar-refractivity contribution in [3.63, 3.8) is 0 Å². The summed E-state index contributed by atoms with van der Waals surface area (Å²) in [6.07, 6.45) is 21.5. The van der Waals surface area contributed by atoms with Crippen LogP contribution in [0.25, 0.3) is 5.57 Å². The van der Waals surface area contributed by atoms with Crippen LogP contribution in [0.2, 0.25) is 5.02 Å². The smallest absolute Gasteiger partial charge is 0.149 e. The summed E-state index contributed by atoms with van der Waals surface area (Å²) in [6.45, 7) is 4.60. The fourth-order valence-corrected chi connectivity index (χ4v) is 7.30. The molecule has 1 atom stereocenters. The summed E-state index contributed by atoms with van der Waals surface area (Å²) in [5.41, 5.74) is 3.00. The summed E-state index contributed by atoms with van der Waals surface area (Å²) in [6, 6.07) is 4.19. The van der Waals surface area contributed by atoms with Gasteiger partial charge >= 0.3 is 0 Å². The highest BCUT2D eigenvalue weighted by Crippen LogP contribution is 2.46. The molecule has 2 fully saturated rings. The third-order valence-electron chi connectivity index (χ3n) is 9.29. The van der Waals surface area contributed by atoms with E-state index in [-0.39, 0.29) is 5.82 Å². The van der Waals surface area contributed by atoms with E-state index in [4.69, 9.17) is 11.6 Å². The van der Waals surface area contributed by atoms with Gasteiger partial charge in [-0.25, -0.2) is 4.39 Å². The van der Waals surface area contributed by atoms with Crippen LogP contribution in [-0.2, 0) is 0 Å². The molecule has 178 valence electrons. The number of rotatable bonds is 7. The molecule has 0 amide bonds. The predicted octanol–water partition coefficient (Wildman–Crippen LogP) is 10.3. The van der Waals surface area contributed by atoms with Crippen molar-refractivity contribution < 1.29 is 4.39 Å². The first-order chi connectivity index (χ1) is 15.6. The quantitative estimate of drug-likeness (QED) is 0.381. The Hall–Kier alpha value is -0.820. The van der Waals surface area contributed by atoms with Crippen molar-refractivity contribution in [3.05, 3.63) is 40.2 Å². The third-order valence-corrected chi connectivity index (χ3v) is 9.67. The van der Waals surface area contributed by atoms with E-state index < -0.39 is 0 Å². The van der Waals surface area contributed by atoms with E-state index in [1.807, 2.05) is 6.07 Å². The van der Waals surface area contributed by atoms with Crippen molar-refractivity contribution in [2.24, 2.45) is 23.7 Å². The second-order valence-electron chi connectivity index (χ2n) is 11.1. The van der Waals surface area contributed by atoms with Crippen LogP contribution in [0.3, 0.4) is 0 Å². The van der Waals surface area contributed by atoms with Crippen LogP contribution in [0.4, 0.5) is 4.39 Å². The maximum atomic E-state index is 15.4. The van der Waals surface area contributed by atoms with E-state index in [1.165, 1.54) is 89.0 Å². The van der Waals surface area contributed by atoms with Gasteiger partial charge in [-0.1, -0.05) is 82.2 Å². The van der Waals surface area contributed by atoms with E-state index in [9.17, 15) is 0 Å². The molecule has 0 spiro atoms. The molecule has 1 aromatic carbocycles. The minimum absolute atomic E-state index is 0.164. The molecule has 32 heavy (non-hydrogen) atoms. The molecule has 0 heterocycles. The van der Waals surface area contributed by atoms with Crippen molar-refractivity contribution in [1.29, 1.82) is 0 Å². The van der Waals surface area contributed by atoms with Gasteiger partial charge in [0.15, 0.2) is 0 Å². The van der Waals surface area contributed by atoms with Gasteiger partial charge in [0.05, 0.1) is 5.02 Å². The van der Waals surface area contributed by atoms with E-state index in [2.05, 4.69) is 26.0 Å². The minimum Gasteiger partial charge on any atom is -0.205 e. The number of allylic oxidation sites excluding steroid dienone is 2. The van der Waals surface area contributed by atoms with Crippen LogP contribution < -0.4 is 0 Å². The van der Waals surface area contributed by atoms with Crippen molar-refractivity contribution >= 4 is 17.2 Å². The number of benzene rings is 1. The number of unbranched alkanes of at least 4 members (excludes halogenated alkanes) is 1. The van der Waals surface area contributed by atoms with E-state index in [0.717, 1.165) is 47.6 Å². The minimum atomic E-state index is -0.164. The molecular formula is C30H44ClF. The van der Waals surface area contributed by atoms with Gasteiger partial charge < -0.3 is 0 Å². The first-order valence-corrected chi connectivity index (χ1v) is 14.2. The number of hydrogen-bond acceptors (Lipinski definition) is 0. The molecule has 0 bridgehead atoms. The molecule has 2 heteroatoms. The molecule has 1 unspecified atom stereocenters. The first-order valence-electron chi connectivity index (χ1n) is 13.8. The highest BCUT2D eigenvalue weighted by atomic mass is 35.5. The Labute approximate surface area is 201 Å². The molecule has 0 N–H and O–H groups in total. The zero-order chi connectivity index (χ0) is 22.5. The standard InChI is InChI=1S/C30H44ClF/c1-3-5-6-22-9-13-26(14-10-22)28-20-19-27(29(31)30(28)32)25-17-15-24(16-18-25)23-11-7-21(4-2)8-12-23/h13,19-25H,3-12,14-18H2,1-2H3. The van der Waals surface area contributed by atoms with E-state index in [0.29, 0.717) is 10.9 Å². The average Bonchev–Trinajstić information content (AvgIpc) is 2.85. The van der Waals surface area contributed by atoms with Crippen LogP contribution in [-0.4, -0.2) is 0 Å². The molecule has 4 rings (SSSR count). The number of hydrogen-bond donors (Lipinski definition) is 0. The van der Waals surface area contributed by atoms with Crippen LogP contribution >= 0.6 is 11.6 Å². The van der Waals surface area contributed by atoms with E-state index in [1.54, 1.807) is 0 Å². The van der Waals surface area contributed by atoms with Gasteiger partial charge in [-0.15, -0.1) is 0 Å². The second-order valence-corrected chi connectivity index (χ2v) is 11.5. The van der Waals surface area contributed by atoms with Crippen molar-refractivity contribution in [2.45, 2.75) is 116 Å². The molecular weight excluding hydrogens is 415 g/mol. The van der Waals surface area contributed by atoms with Gasteiger partial charge in [0.25, 0.3) is 0 Å². The molecule has 0 saturated heterocycles. The molecule has 1 aromatic rings. The van der Waals surface area contributed by atoms with Crippen molar-refractivity contribution in [3.8, 4) is 0 Å². The summed E-state index contributed by atoms with van der Waals surface area (Å²) in [7, 11) is 0. The summed E-state index contributed by atoms with van der Waals surface area (Å²) >= 11 is 6.66. The summed E-state index contributed by atoms with van der Waals surface area (Å²) in [5, 5.41) is 0.406. The SMILES string of the molecule is CCCCC1CC=C(c2ccc(C3CCC(C4CCC(CC)CC4)CC3)c(Cl)c2F)CC1. The Kier molecular flexibility index (Phi) is 8.77. The van der Waals surface area contributed by atoms with Crippen LogP contribution in [0.5, 0.6) is 0 Å². The van der Waals surface area contributed by atoms with Gasteiger partial charge in [-0.3, -0.25) is 0 Å². The Bertz CT molecular complexity index is 765. The molecule has 0 nitrogen and oxygen atoms in total. The Morgan fingerprint density at radius 1 is 0.875 bits per heavy atom. The van der Waals surface area contributed by atoms with E-state index >= 15 is 4.39 Å². The average molecular weight is 459 g/mol. The lowest BCUT2D eigenvalue weighted by atomic mass is 9.68. The maximum absolute atomic E-state index is 15.4. The predicted molar refractivity (Wildman–Crippen MR) is 137 cm³/mol. The molecule has 0 aromatic heterocycles. The summed E-state index contributed by atoms with van der Waals surface area (Å²) in [5.74, 6) is 3.86. The number of halogens is 2. The van der Waals surface area contributed by atoms with Crippen LogP contribution in [0.15, 0.2) is 18.2 Å². The lowest BCUT2D eigenvalue weighted by Crippen LogP contribution is -2.25. The van der Waals surface area contributed by atoms with Gasteiger partial charge in [-0.05, 0) is 98.5 Å². The lowest BCUT2D eigenvalue weighted by Gasteiger charge is -2.38. The molecule has 2 saturated carbocycles. The summed E-state index contributed by atoms with van der Waals surface area (Å²) in [4.78, 5) is 0. The third kappa shape index (κ3) is 5.63. The van der Waals surface area contributed by atoms with Gasteiger partial charge in [0.2, 0.25) is 0 Å². The van der Waals surface area contributed by atoms with Gasteiger partial charge in [0, 0.05) is 5.56 Å². The van der Waals surface area contributed by atoms with Crippen LogP contribution in [0.1, 0.15) is 127 Å². The highest BCUT2D eigenvalue weighted by molar-refractivity contribution is 6.31. The fraction of sp³-hybridized carbons (Fsp3) is 0.733. The van der Waals surface area contributed by atoms with Gasteiger partial charge in [-0.2, -0.15) is 0 Å². The largest absolute Gasteiger partial charge is 0.205 e. The topological polar surface area (TPSA) is 0 Å². The molecule has 0 aliphatic heterocycles. The van der Waals surface area contributed by atoms with Crippen LogP contribution in [0, 0.1) is 29.5 Å². The zero-order valence-corrected chi connectivity index (χ0v) is 21.2. The highest BCUT2D eigenvalue weighted by Gasteiger charge is 2.32. The Morgan fingerprint density at radius 2 is 1.56 bits per heavy atom. The Morgan fingerprint density at radius 3 is 2.16 bits per heavy atom. The van der Waals surface area contributed by atoms with Crippen molar-refractivity contribution in [2.75, 3.05) is 0 Å². The zero-order valence-electron chi connectivity index (χ0n) is 20.5. The second kappa shape index (κ2) is 11.5. The fourth-order valence-electron chi connectivity index (χ4n) is 6.99. The Balaban J connectivity index is 1.36. The lowest BCUT2D eigenvalue weighted by molar-refractivity contribution is 0.158. The summed E-state index contributed by atoms with van der Waals surface area (Å²) < 4.78 is 15.4.